The molecule has 4 rings (SSSR count). The highest BCUT2D eigenvalue weighted by Gasteiger charge is 2.45. The maximum atomic E-state index is 13.5. The van der Waals surface area contributed by atoms with Crippen LogP contribution in [-0.4, -0.2) is 12.9 Å². The number of nitrogens with two attached hydrogens (primary N) is 1. The minimum absolute atomic E-state index is 0.00697. The Morgan fingerprint density at radius 2 is 1.88 bits per heavy atom. The summed E-state index contributed by atoms with van der Waals surface area (Å²) in [6.45, 7) is 4.12. The Morgan fingerprint density at radius 1 is 1.16 bits per heavy atom. The lowest BCUT2D eigenvalue weighted by molar-refractivity contribution is -0.118. The predicted octanol–water partition coefficient (Wildman–Crippen LogP) is 5.94. The van der Waals surface area contributed by atoms with Gasteiger partial charge in [-0.25, -0.2) is 0 Å². The molecule has 2 aliphatic rings. The summed E-state index contributed by atoms with van der Waals surface area (Å²) in [5.74, 6) is 0.257. The molecule has 0 saturated carbocycles. The van der Waals surface area contributed by atoms with Crippen LogP contribution < -0.4 is 15.4 Å². The standard InChI is InChI=1S/C25H23Cl2N3O2/c1-25(2)11-19-23(20(31)12-25)22(14-8-9-16(26)17(27)10-14)15(13-28)24(29)30(19)18-6-4-5-7-21(18)32-3/h4-10,22H,11-12,29H2,1-3H3. The number of allylic oxidation sites excluding steroid dienone is 3. The van der Waals surface area contributed by atoms with Crippen molar-refractivity contribution in [3.05, 3.63) is 80.7 Å². The number of benzene rings is 2. The second-order valence-corrected chi connectivity index (χ2v) is 9.64. The average Bonchev–Trinajstić information content (AvgIpc) is 2.74. The third kappa shape index (κ3) is 3.64. The summed E-state index contributed by atoms with van der Waals surface area (Å²) < 4.78 is 5.57. The first-order valence-electron chi connectivity index (χ1n) is 10.2. The zero-order valence-electron chi connectivity index (χ0n) is 18.1. The maximum Gasteiger partial charge on any atom is 0.162 e. The maximum absolute atomic E-state index is 13.5. The van der Waals surface area contributed by atoms with Gasteiger partial charge in [-0.05, 0) is 41.7 Å². The first kappa shape index (κ1) is 22.3. The van der Waals surface area contributed by atoms with Crippen LogP contribution in [0, 0.1) is 16.7 Å². The summed E-state index contributed by atoms with van der Waals surface area (Å²) in [6.07, 6.45) is 0.991. The van der Waals surface area contributed by atoms with Gasteiger partial charge in [0.05, 0.1) is 40.4 Å². The average molecular weight is 468 g/mol. The van der Waals surface area contributed by atoms with Crippen molar-refractivity contribution in [1.82, 2.24) is 0 Å². The van der Waals surface area contributed by atoms with E-state index < -0.39 is 5.92 Å². The number of halogens is 2. The van der Waals surface area contributed by atoms with Gasteiger partial charge in [0, 0.05) is 17.7 Å². The first-order chi connectivity index (χ1) is 15.2. The van der Waals surface area contributed by atoms with Crippen molar-refractivity contribution in [3.63, 3.8) is 0 Å². The van der Waals surface area contributed by atoms with Gasteiger partial charge < -0.3 is 10.5 Å². The van der Waals surface area contributed by atoms with Crippen molar-refractivity contribution in [3.8, 4) is 11.8 Å². The smallest absolute Gasteiger partial charge is 0.162 e. The van der Waals surface area contributed by atoms with Gasteiger partial charge in [0.2, 0.25) is 0 Å². The summed E-state index contributed by atoms with van der Waals surface area (Å²) in [6, 6.07) is 14.9. The summed E-state index contributed by atoms with van der Waals surface area (Å²) in [5.41, 5.74) is 9.42. The van der Waals surface area contributed by atoms with Gasteiger partial charge in [-0.2, -0.15) is 5.26 Å². The lowest BCUT2D eigenvalue weighted by Gasteiger charge is -2.44. The fourth-order valence-corrected chi connectivity index (χ4v) is 4.93. The molecule has 32 heavy (non-hydrogen) atoms. The molecule has 1 aliphatic heterocycles. The van der Waals surface area contributed by atoms with Crippen LogP contribution in [0.2, 0.25) is 10.0 Å². The van der Waals surface area contributed by atoms with Crippen LogP contribution >= 0.6 is 23.2 Å². The highest BCUT2D eigenvalue weighted by Crippen LogP contribution is 2.51. The van der Waals surface area contributed by atoms with E-state index in [2.05, 4.69) is 19.9 Å². The number of para-hydroxylation sites is 2. The lowest BCUT2D eigenvalue weighted by Crippen LogP contribution is -2.42. The molecule has 1 aliphatic carbocycles. The molecule has 0 fully saturated rings. The first-order valence-corrected chi connectivity index (χ1v) is 11.0. The van der Waals surface area contributed by atoms with Crippen molar-refractivity contribution in [2.75, 3.05) is 12.0 Å². The number of hydrogen-bond acceptors (Lipinski definition) is 5. The highest BCUT2D eigenvalue weighted by molar-refractivity contribution is 6.42. The van der Waals surface area contributed by atoms with Crippen molar-refractivity contribution in [2.24, 2.45) is 11.1 Å². The minimum atomic E-state index is -0.612. The second kappa shape index (κ2) is 8.20. The van der Waals surface area contributed by atoms with E-state index in [1.54, 1.807) is 30.2 Å². The number of Topliss-reactive ketones (excluding diaryl/α,β-unsaturated/α-hetero) is 1. The van der Waals surface area contributed by atoms with Crippen LogP contribution in [0.4, 0.5) is 5.69 Å². The zero-order chi connectivity index (χ0) is 23.2. The zero-order valence-corrected chi connectivity index (χ0v) is 19.6. The Labute approximate surface area is 197 Å². The lowest BCUT2D eigenvalue weighted by atomic mass is 9.68. The second-order valence-electron chi connectivity index (χ2n) is 8.83. The van der Waals surface area contributed by atoms with Gasteiger partial charge in [-0.15, -0.1) is 0 Å². The Morgan fingerprint density at radius 3 is 2.53 bits per heavy atom. The van der Waals surface area contributed by atoms with Gasteiger partial charge in [-0.1, -0.05) is 55.2 Å². The van der Waals surface area contributed by atoms with Gasteiger partial charge in [0.1, 0.15) is 11.6 Å². The van der Waals surface area contributed by atoms with Crippen molar-refractivity contribution < 1.29 is 9.53 Å². The Balaban J connectivity index is 2.03. The minimum Gasteiger partial charge on any atom is -0.495 e. The molecular formula is C25H23Cl2N3O2. The van der Waals surface area contributed by atoms with Crippen LogP contribution in [0.25, 0.3) is 0 Å². The molecular weight excluding hydrogens is 445 g/mol. The number of nitrogens with zero attached hydrogens (tertiary/aromatic N) is 2. The fourth-order valence-electron chi connectivity index (χ4n) is 4.62. The SMILES string of the molecule is COc1ccccc1N1C(N)=C(C#N)C(c2ccc(Cl)c(Cl)c2)C2=C1CC(C)(C)CC2=O. The van der Waals surface area contributed by atoms with E-state index in [-0.39, 0.29) is 17.0 Å². The van der Waals surface area contributed by atoms with E-state index in [1.165, 1.54) is 0 Å². The number of nitriles is 1. The van der Waals surface area contributed by atoms with Crippen LogP contribution in [0.5, 0.6) is 5.75 Å². The molecule has 1 heterocycles. The van der Waals surface area contributed by atoms with Gasteiger partial charge >= 0.3 is 0 Å². The van der Waals surface area contributed by atoms with Crippen molar-refractivity contribution in [2.45, 2.75) is 32.6 Å². The Hall–Kier alpha value is -2.94. The van der Waals surface area contributed by atoms with E-state index in [9.17, 15) is 10.1 Å². The molecule has 164 valence electrons. The summed E-state index contributed by atoms with van der Waals surface area (Å²) >= 11 is 12.4. The number of ether oxygens (including phenoxy) is 1. The van der Waals surface area contributed by atoms with Crippen molar-refractivity contribution in [1.29, 1.82) is 5.26 Å². The van der Waals surface area contributed by atoms with Gasteiger partial charge in [0.25, 0.3) is 0 Å². The quantitative estimate of drug-likeness (QED) is 0.603. The molecule has 0 aromatic heterocycles. The third-order valence-corrected chi connectivity index (χ3v) is 6.72. The monoisotopic (exact) mass is 467 g/mol. The normalized spacial score (nSPS) is 20.2. The molecule has 0 bridgehead atoms. The van der Waals surface area contributed by atoms with Crippen molar-refractivity contribution >= 4 is 34.7 Å². The fraction of sp³-hybridized carbons (Fsp3) is 0.280. The number of hydrogen-bond donors (Lipinski definition) is 1. The number of carbonyl (C=O) groups is 1. The van der Waals surface area contributed by atoms with E-state index >= 15 is 0 Å². The number of ketones is 1. The number of rotatable bonds is 3. The molecule has 1 atom stereocenters. The third-order valence-electron chi connectivity index (χ3n) is 5.98. The van der Waals surface area contributed by atoms with E-state index in [0.717, 1.165) is 5.70 Å². The van der Waals surface area contributed by atoms with E-state index in [1.807, 2.05) is 24.3 Å². The molecule has 2 aromatic rings. The molecule has 5 nitrogen and oxygen atoms in total. The molecule has 7 heteroatoms. The molecule has 1 unspecified atom stereocenters. The summed E-state index contributed by atoms with van der Waals surface area (Å²) in [4.78, 5) is 15.3. The predicted molar refractivity (Wildman–Crippen MR) is 127 cm³/mol. The van der Waals surface area contributed by atoms with Crippen LogP contribution in [-0.2, 0) is 4.79 Å². The molecule has 0 amide bonds. The number of anilines is 1. The number of methoxy groups -OCH3 is 1. The van der Waals surface area contributed by atoms with Gasteiger partial charge in [-0.3, -0.25) is 9.69 Å². The highest BCUT2D eigenvalue weighted by atomic mass is 35.5. The van der Waals surface area contributed by atoms with Gasteiger partial charge in [0.15, 0.2) is 5.78 Å². The molecule has 0 saturated heterocycles. The molecule has 0 radical (unpaired) electrons. The molecule has 2 N–H and O–H groups in total. The summed E-state index contributed by atoms with van der Waals surface area (Å²) in [7, 11) is 1.58. The topological polar surface area (TPSA) is 79.3 Å². The Bertz CT molecular complexity index is 1220. The van der Waals surface area contributed by atoms with Crippen LogP contribution in [0.1, 0.15) is 38.2 Å². The van der Waals surface area contributed by atoms with Crippen LogP contribution in [0.15, 0.2) is 65.1 Å². The van der Waals surface area contributed by atoms with Crippen LogP contribution in [0.3, 0.4) is 0 Å². The molecule has 0 spiro atoms. The largest absolute Gasteiger partial charge is 0.495 e. The van der Waals surface area contributed by atoms with E-state index in [4.69, 9.17) is 33.7 Å². The molecule has 2 aromatic carbocycles. The van der Waals surface area contributed by atoms with E-state index in [0.29, 0.717) is 51.0 Å². The number of carbonyl (C=O) groups excluding carboxylic acids is 1. The summed E-state index contributed by atoms with van der Waals surface area (Å²) in [5, 5.41) is 10.9. The Kier molecular flexibility index (Phi) is 5.70.